The molecule has 0 saturated heterocycles. The summed E-state index contributed by atoms with van der Waals surface area (Å²) < 4.78 is 0. The highest BCUT2D eigenvalue weighted by molar-refractivity contribution is 5.98. The Balaban J connectivity index is 2.63. The van der Waals surface area contributed by atoms with Gasteiger partial charge in [-0.05, 0) is 38.0 Å². The summed E-state index contributed by atoms with van der Waals surface area (Å²) in [6.45, 7) is 0.519. The van der Waals surface area contributed by atoms with Gasteiger partial charge in [0.1, 0.15) is 6.04 Å². The summed E-state index contributed by atoms with van der Waals surface area (Å²) in [6.07, 6.45) is 14.0. The van der Waals surface area contributed by atoms with Gasteiger partial charge in [0, 0.05) is 5.57 Å². The number of hydrogen-bond donors (Lipinski definition) is 3. The van der Waals surface area contributed by atoms with Gasteiger partial charge in [-0.2, -0.15) is 0 Å². The molecule has 20 heavy (non-hydrogen) atoms. The van der Waals surface area contributed by atoms with E-state index in [-0.39, 0.29) is 5.91 Å². The van der Waals surface area contributed by atoms with E-state index < -0.39 is 12.0 Å². The Hall–Kier alpha value is -2.14. The molecule has 0 aromatic heterocycles. The Kier molecular flexibility index (Phi) is 7.06. The fourth-order valence-electron chi connectivity index (χ4n) is 1.71. The van der Waals surface area contributed by atoms with Crippen LogP contribution in [0, 0.1) is 0 Å². The maximum atomic E-state index is 12.0. The molecule has 0 bridgehead atoms. The Bertz CT molecular complexity index is 462. The smallest absolute Gasteiger partial charge is 0.326 e. The molecular weight excluding hydrogens is 256 g/mol. The lowest BCUT2D eigenvalue weighted by molar-refractivity contribution is -0.141. The van der Waals surface area contributed by atoms with Crippen LogP contribution in [-0.2, 0) is 9.59 Å². The Morgan fingerprint density at radius 1 is 1.15 bits per heavy atom. The second-order valence-electron chi connectivity index (χ2n) is 4.40. The summed E-state index contributed by atoms with van der Waals surface area (Å²) in [5, 5.41) is 11.6. The summed E-state index contributed by atoms with van der Waals surface area (Å²) in [6, 6.07) is -0.881. The monoisotopic (exact) mass is 276 g/mol. The third-order valence-corrected chi connectivity index (χ3v) is 2.81. The quantitative estimate of drug-likeness (QED) is 0.611. The molecule has 0 aliphatic heterocycles. The SMILES string of the molecule is NCCCC[C@H](NC(=O)C1=C/C=C\C=C/C=C\1)C(=O)O. The molecule has 1 aliphatic rings. The number of amides is 1. The average Bonchev–Trinajstić information content (AvgIpc) is 2.36. The summed E-state index contributed by atoms with van der Waals surface area (Å²) in [5.74, 6) is -1.41. The molecule has 0 aromatic carbocycles. The number of unbranched alkanes of at least 4 members (excludes halogenated alkanes) is 1. The minimum atomic E-state index is -1.03. The van der Waals surface area contributed by atoms with Gasteiger partial charge in [-0.25, -0.2) is 4.79 Å². The van der Waals surface area contributed by atoms with Gasteiger partial charge in [-0.3, -0.25) is 4.79 Å². The zero-order chi connectivity index (χ0) is 14.8. The second kappa shape index (κ2) is 8.87. The van der Waals surface area contributed by atoms with Crippen molar-refractivity contribution in [2.45, 2.75) is 25.3 Å². The highest BCUT2D eigenvalue weighted by Gasteiger charge is 2.20. The zero-order valence-electron chi connectivity index (χ0n) is 11.3. The van der Waals surface area contributed by atoms with Crippen molar-refractivity contribution >= 4 is 11.9 Å². The van der Waals surface area contributed by atoms with Crippen molar-refractivity contribution in [3.05, 3.63) is 48.1 Å². The maximum absolute atomic E-state index is 12.0. The molecule has 0 fully saturated rings. The van der Waals surface area contributed by atoms with Gasteiger partial charge in [0.05, 0.1) is 0 Å². The molecule has 0 saturated carbocycles. The fraction of sp³-hybridized carbons (Fsp3) is 0.333. The van der Waals surface area contributed by atoms with Gasteiger partial charge < -0.3 is 16.2 Å². The number of allylic oxidation sites excluding steroid dienone is 6. The summed E-state index contributed by atoms with van der Waals surface area (Å²) in [7, 11) is 0. The van der Waals surface area contributed by atoms with Crippen LogP contribution in [0.15, 0.2) is 48.1 Å². The van der Waals surface area contributed by atoms with Crippen LogP contribution in [0.3, 0.4) is 0 Å². The number of rotatable bonds is 7. The topological polar surface area (TPSA) is 92.4 Å². The molecule has 1 rings (SSSR count). The van der Waals surface area contributed by atoms with E-state index in [0.29, 0.717) is 25.0 Å². The van der Waals surface area contributed by atoms with Crippen LogP contribution in [0.1, 0.15) is 19.3 Å². The first-order valence-corrected chi connectivity index (χ1v) is 6.60. The second-order valence-corrected chi connectivity index (χ2v) is 4.40. The van der Waals surface area contributed by atoms with Crippen LogP contribution in [0.25, 0.3) is 0 Å². The van der Waals surface area contributed by atoms with Crippen molar-refractivity contribution in [2.75, 3.05) is 6.54 Å². The largest absolute Gasteiger partial charge is 0.480 e. The number of nitrogens with one attached hydrogen (secondary N) is 1. The molecular formula is C15H20N2O3. The van der Waals surface area contributed by atoms with E-state index in [1.165, 1.54) is 0 Å². The number of hydrogen-bond acceptors (Lipinski definition) is 3. The molecule has 1 amide bonds. The van der Waals surface area contributed by atoms with Crippen LogP contribution >= 0.6 is 0 Å². The number of carbonyl (C=O) groups is 2. The van der Waals surface area contributed by atoms with Crippen LogP contribution < -0.4 is 11.1 Å². The van der Waals surface area contributed by atoms with Crippen molar-refractivity contribution in [1.82, 2.24) is 5.32 Å². The minimum absolute atomic E-state index is 0.380. The van der Waals surface area contributed by atoms with Crippen LogP contribution in [-0.4, -0.2) is 29.6 Å². The van der Waals surface area contributed by atoms with Crippen LogP contribution in [0.4, 0.5) is 0 Å². The van der Waals surface area contributed by atoms with Gasteiger partial charge in [0.2, 0.25) is 0 Å². The Morgan fingerprint density at radius 3 is 2.55 bits per heavy atom. The van der Waals surface area contributed by atoms with Crippen molar-refractivity contribution in [3.63, 3.8) is 0 Å². The number of nitrogens with two attached hydrogens (primary N) is 1. The van der Waals surface area contributed by atoms with Gasteiger partial charge in [-0.15, -0.1) is 0 Å². The zero-order valence-corrected chi connectivity index (χ0v) is 11.3. The van der Waals surface area contributed by atoms with Crippen molar-refractivity contribution in [3.8, 4) is 0 Å². The summed E-state index contributed by atoms with van der Waals surface area (Å²) in [4.78, 5) is 23.2. The summed E-state index contributed by atoms with van der Waals surface area (Å²) >= 11 is 0. The van der Waals surface area contributed by atoms with Crippen molar-refractivity contribution in [1.29, 1.82) is 0 Å². The average molecular weight is 276 g/mol. The predicted molar refractivity (Wildman–Crippen MR) is 78.0 cm³/mol. The number of aliphatic carboxylic acids is 1. The minimum Gasteiger partial charge on any atom is -0.480 e. The third-order valence-electron chi connectivity index (χ3n) is 2.81. The number of carbonyl (C=O) groups excluding carboxylic acids is 1. The third kappa shape index (κ3) is 5.67. The maximum Gasteiger partial charge on any atom is 0.326 e. The van der Waals surface area contributed by atoms with E-state index in [4.69, 9.17) is 10.8 Å². The fourth-order valence-corrected chi connectivity index (χ4v) is 1.71. The number of carboxylic acid groups (broad SMARTS) is 1. The lowest BCUT2D eigenvalue weighted by atomic mass is 10.1. The van der Waals surface area contributed by atoms with Crippen molar-refractivity contribution < 1.29 is 14.7 Å². The van der Waals surface area contributed by atoms with Crippen LogP contribution in [0.5, 0.6) is 0 Å². The van der Waals surface area contributed by atoms with E-state index in [1.807, 2.05) is 6.08 Å². The first kappa shape index (κ1) is 15.9. The molecule has 1 aliphatic carbocycles. The predicted octanol–water partition coefficient (Wildman–Crippen LogP) is 1.29. The van der Waals surface area contributed by atoms with Gasteiger partial charge in [-0.1, -0.05) is 30.4 Å². The van der Waals surface area contributed by atoms with Gasteiger partial charge >= 0.3 is 5.97 Å². The van der Waals surface area contributed by atoms with E-state index in [2.05, 4.69) is 5.32 Å². The normalized spacial score (nSPS) is 22.6. The molecule has 0 unspecified atom stereocenters. The summed E-state index contributed by atoms with van der Waals surface area (Å²) in [5.41, 5.74) is 5.80. The molecule has 4 N–H and O–H groups in total. The molecule has 1 atom stereocenters. The molecule has 5 heteroatoms. The lowest BCUT2D eigenvalue weighted by Crippen LogP contribution is -2.41. The lowest BCUT2D eigenvalue weighted by Gasteiger charge is -2.14. The first-order valence-electron chi connectivity index (χ1n) is 6.60. The molecule has 0 heterocycles. The van der Waals surface area contributed by atoms with E-state index in [9.17, 15) is 9.59 Å². The highest BCUT2D eigenvalue weighted by Crippen LogP contribution is 2.06. The van der Waals surface area contributed by atoms with E-state index in [1.54, 1.807) is 36.5 Å². The Labute approximate surface area is 118 Å². The molecule has 108 valence electrons. The van der Waals surface area contributed by atoms with E-state index >= 15 is 0 Å². The molecule has 0 radical (unpaired) electrons. The Morgan fingerprint density at radius 2 is 1.85 bits per heavy atom. The van der Waals surface area contributed by atoms with Gasteiger partial charge in [0.25, 0.3) is 5.91 Å². The highest BCUT2D eigenvalue weighted by atomic mass is 16.4. The standard InChI is InChI=1S/C15H20N2O3/c16-11-7-6-10-13(15(19)20)17-14(18)12-8-4-2-1-3-5-9-12/h1-5,8-9,13H,6-7,10-11,16H2,(H,17,18)(H,19,20)/b2-1-,3-1?,4-2?,5-3-,8-4-,9-5?,12-8?,12-9+/t13-/m0/s1. The first-order chi connectivity index (χ1) is 9.65. The van der Waals surface area contributed by atoms with Crippen molar-refractivity contribution in [2.24, 2.45) is 5.73 Å². The molecule has 0 spiro atoms. The molecule has 5 nitrogen and oxygen atoms in total. The number of carboxylic acids is 1. The van der Waals surface area contributed by atoms with Gasteiger partial charge in [0.15, 0.2) is 0 Å². The van der Waals surface area contributed by atoms with Crippen LogP contribution in [0.2, 0.25) is 0 Å². The molecule has 0 aromatic rings. The van der Waals surface area contributed by atoms with E-state index in [0.717, 1.165) is 6.42 Å².